The van der Waals surface area contributed by atoms with E-state index in [1.54, 1.807) is 20.8 Å². The van der Waals surface area contributed by atoms with Gasteiger partial charge in [0.25, 0.3) is 0 Å². The highest BCUT2D eigenvalue weighted by Gasteiger charge is 2.37. The Morgan fingerprint density at radius 3 is 1.67 bits per heavy atom. The zero-order valence-electron chi connectivity index (χ0n) is 28.9. The highest BCUT2D eigenvalue weighted by Crippen LogP contribution is 2.14. The van der Waals surface area contributed by atoms with Gasteiger partial charge in [0.15, 0.2) is 11.9 Å². The number of carboxylic acids is 1. The molecule has 46 heavy (non-hydrogen) atoms. The van der Waals surface area contributed by atoms with E-state index in [-0.39, 0.29) is 25.7 Å². The van der Waals surface area contributed by atoms with Crippen molar-refractivity contribution in [1.82, 2.24) is 10.6 Å². The van der Waals surface area contributed by atoms with Crippen LogP contribution in [0.25, 0.3) is 0 Å². The number of ketones is 1. The number of aliphatic hydroxyl groups is 4. The van der Waals surface area contributed by atoms with E-state index < -0.39 is 71.8 Å². The van der Waals surface area contributed by atoms with Crippen molar-refractivity contribution in [1.29, 1.82) is 0 Å². The van der Waals surface area contributed by atoms with Crippen LogP contribution in [0.4, 0.5) is 4.79 Å². The number of ether oxygens (including phenoxy) is 2. The van der Waals surface area contributed by atoms with Crippen LogP contribution < -0.4 is 16.4 Å². The molecule has 15 heteroatoms. The van der Waals surface area contributed by atoms with Crippen LogP contribution in [-0.2, 0) is 28.7 Å². The van der Waals surface area contributed by atoms with Gasteiger partial charge in [-0.15, -0.1) is 0 Å². The minimum atomic E-state index is -2.39. The molecular formula is C31H61N3O12. The summed E-state index contributed by atoms with van der Waals surface area (Å²) in [6.07, 6.45) is -5.19. The molecule has 0 heterocycles. The minimum absolute atomic E-state index is 0.102. The van der Waals surface area contributed by atoms with Crippen molar-refractivity contribution >= 4 is 29.7 Å². The maximum Gasteiger partial charge on any atom is 0.408 e. The number of aliphatic hydroxyl groups excluding tert-OH is 4. The number of alkyl carbamates (subject to hydrolysis) is 1. The fourth-order valence-corrected chi connectivity index (χ4v) is 3.56. The second-order valence-electron chi connectivity index (χ2n) is 11.8. The van der Waals surface area contributed by atoms with Crippen LogP contribution in [0.2, 0.25) is 0 Å². The first kappa shape index (κ1) is 47.6. The number of methoxy groups -OCH3 is 1. The number of carbonyl (C=O) groups is 5. The van der Waals surface area contributed by atoms with Crippen LogP contribution in [-0.4, -0.2) is 111 Å². The molecule has 0 radical (unpaired) electrons. The molecule has 0 spiro atoms. The summed E-state index contributed by atoms with van der Waals surface area (Å²) in [4.78, 5) is 60.3. The Bertz CT molecular complexity index is 864. The van der Waals surface area contributed by atoms with E-state index in [9.17, 15) is 44.4 Å². The molecule has 0 rings (SSSR count). The van der Waals surface area contributed by atoms with Gasteiger partial charge in [-0.2, -0.15) is 0 Å². The fourth-order valence-electron chi connectivity index (χ4n) is 3.56. The van der Waals surface area contributed by atoms with Gasteiger partial charge < -0.3 is 51.4 Å². The molecule has 2 amide bonds. The zero-order chi connectivity index (χ0) is 36.5. The number of hydrogen-bond donors (Lipinski definition) is 8. The molecule has 0 fully saturated rings. The number of esters is 1. The number of nitrogens with two attached hydrogens (primary N) is 1. The van der Waals surface area contributed by atoms with Crippen molar-refractivity contribution in [2.75, 3.05) is 13.7 Å². The summed E-state index contributed by atoms with van der Waals surface area (Å²) in [7, 11) is 1.19. The lowest BCUT2D eigenvalue weighted by atomic mass is 9.97. The molecule has 15 nitrogen and oxygen atoms in total. The lowest BCUT2D eigenvalue weighted by Crippen LogP contribution is -2.52. The molecule has 0 bridgehead atoms. The number of unbranched alkanes of at least 4 members (excludes halogenated alkanes) is 3. The molecule has 0 aromatic carbocycles. The highest BCUT2D eigenvalue weighted by atomic mass is 16.6. The Kier molecular flexibility index (Phi) is 28.2. The molecular weight excluding hydrogens is 606 g/mol. The number of aliphatic carboxylic acids is 1. The topological polar surface area (TPSA) is 255 Å². The molecule has 0 saturated heterocycles. The Labute approximate surface area is 273 Å². The lowest BCUT2D eigenvalue weighted by molar-refractivity contribution is -0.165. The van der Waals surface area contributed by atoms with Crippen molar-refractivity contribution in [3.63, 3.8) is 0 Å². The van der Waals surface area contributed by atoms with Crippen molar-refractivity contribution in [2.24, 2.45) is 5.73 Å². The van der Waals surface area contributed by atoms with Gasteiger partial charge >= 0.3 is 18.0 Å². The first-order valence-electron chi connectivity index (χ1n) is 15.9. The number of carbonyl (C=O) groups excluding carboxylic acids is 4. The van der Waals surface area contributed by atoms with Gasteiger partial charge in [0.1, 0.15) is 36.0 Å². The van der Waals surface area contributed by atoms with Crippen LogP contribution in [0.15, 0.2) is 0 Å². The third kappa shape index (κ3) is 23.5. The second kappa shape index (κ2) is 27.3. The summed E-state index contributed by atoms with van der Waals surface area (Å²) in [5, 5.41) is 52.3. The smallest absolute Gasteiger partial charge is 0.408 e. The first-order valence-corrected chi connectivity index (χ1v) is 15.9. The second-order valence-corrected chi connectivity index (χ2v) is 11.8. The average molecular weight is 668 g/mol. The van der Waals surface area contributed by atoms with Crippen LogP contribution in [0.5, 0.6) is 0 Å². The van der Waals surface area contributed by atoms with Gasteiger partial charge in [0.05, 0.1) is 7.11 Å². The third-order valence-electron chi connectivity index (χ3n) is 5.75. The molecule has 0 aromatic heterocycles. The fraction of sp³-hybridized carbons (Fsp3) is 0.839. The van der Waals surface area contributed by atoms with Crippen LogP contribution in [0.3, 0.4) is 0 Å². The van der Waals surface area contributed by atoms with Crippen LogP contribution >= 0.6 is 0 Å². The monoisotopic (exact) mass is 667 g/mol. The predicted molar refractivity (Wildman–Crippen MR) is 172 cm³/mol. The molecule has 0 saturated carbocycles. The summed E-state index contributed by atoms with van der Waals surface area (Å²) < 4.78 is 9.98. The van der Waals surface area contributed by atoms with Crippen molar-refractivity contribution < 1.29 is 59.0 Å². The molecule has 6 atom stereocenters. The summed E-state index contributed by atoms with van der Waals surface area (Å²) in [6, 6.07) is -2.04. The zero-order valence-corrected chi connectivity index (χ0v) is 28.9. The average Bonchev–Trinajstić information content (AvgIpc) is 2.97. The summed E-state index contributed by atoms with van der Waals surface area (Å²) >= 11 is 0. The van der Waals surface area contributed by atoms with Gasteiger partial charge in [-0.3, -0.25) is 9.59 Å². The molecule has 1 unspecified atom stereocenters. The Morgan fingerprint density at radius 1 is 0.739 bits per heavy atom. The van der Waals surface area contributed by atoms with E-state index >= 15 is 0 Å². The van der Waals surface area contributed by atoms with Crippen molar-refractivity contribution in [2.45, 2.75) is 155 Å². The van der Waals surface area contributed by atoms with E-state index in [1.807, 2.05) is 0 Å². The summed E-state index contributed by atoms with van der Waals surface area (Å²) in [5.74, 6) is -4.02. The molecule has 0 aromatic rings. The lowest BCUT2D eigenvalue weighted by Gasteiger charge is -2.25. The Balaban J connectivity index is -0.00000283. The third-order valence-corrected chi connectivity index (χ3v) is 5.75. The van der Waals surface area contributed by atoms with Gasteiger partial charge in [-0.1, -0.05) is 53.4 Å². The van der Waals surface area contributed by atoms with Gasteiger partial charge in [0.2, 0.25) is 5.91 Å². The number of rotatable bonds is 19. The van der Waals surface area contributed by atoms with Crippen molar-refractivity contribution in [3.05, 3.63) is 0 Å². The standard InChI is InChI=1S/C25H45N3O12.2C3H8/c1-25(2,3)40-24(38)28-14(21(34)27-15(23(37)39-4)11-8-9-13-26)10-6-5-7-12-16(29)17(30)18(31)19(32)20(33)22(35)36;2*1-3-2/h14-15,17-20,30-33H,5-13,26H2,1-4H3,(H,27,34)(H,28,38)(H,35,36);2*3H2,1-2H3/t14?,15-,17-,18+,19+,20-;;/m0../s1. The van der Waals surface area contributed by atoms with E-state index in [2.05, 4.69) is 38.3 Å². The molecule has 0 aliphatic heterocycles. The quantitative estimate of drug-likeness (QED) is 0.0719. The van der Waals surface area contributed by atoms with Crippen LogP contribution in [0.1, 0.15) is 113 Å². The number of carboxylic acid groups (broad SMARTS) is 1. The van der Waals surface area contributed by atoms with Gasteiger partial charge in [0, 0.05) is 6.42 Å². The summed E-state index contributed by atoms with van der Waals surface area (Å²) in [5.41, 5.74) is 4.66. The molecule has 272 valence electrons. The van der Waals surface area contributed by atoms with E-state index in [0.29, 0.717) is 32.2 Å². The van der Waals surface area contributed by atoms with Crippen molar-refractivity contribution in [3.8, 4) is 0 Å². The van der Waals surface area contributed by atoms with Crippen LogP contribution in [0, 0.1) is 0 Å². The number of nitrogens with one attached hydrogen (secondary N) is 2. The van der Waals surface area contributed by atoms with E-state index in [0.717, 1.165) is 0 Å². The molecule has 9 N–H and O–H groups in total. The largest absolute Gasteiger partial charge is 0.479 e. The molecule has 0 aliphatic carbocycles. The Hall–Kier alpha value is -2.85. The van der Waals surface area contributed by atoms with Gasteiger partial charge in [-0.25, -0.2) is 14.4 Å². The molecule has 0 aliphatic rings. The number of Topliss-reactive ketones (excluding diaryl/α,β-unsaturated/α-hetero) is 1. The first-order chi connectivity index (χ1) is 21.4. The summed E-state index contributed by atoms with van der Waals surface area (Å²) in [6.45, 7) is 13.9. The maximum absolute atomic E-state index is 13.0. The van der Waals surface area contributed by atoms with E-state index in [4.69, 9.17) is 20.3 Å². The van der Waals surface area contributed by atoms with E-state index in [1.165, 1.54) is 20.0 Å². The van der Waals surface area contributed by atoms with Gasteiger partial charge in [-0.05, 0) is 59.4 Å². The SMILES string of the molecule is CCC.CCC.COC(=O)[C@H](CCCCN)NC(=O)C(CCCCCC(=O)[C@H](O)[C@@H](O)[C@@H](O)[C@H](O)C(=O)O)NC(=O)OC(C)(C)C. The Morgan fingerprint density at radius 2 is 1.22 bits per heavy atom. The number of amides is 2. The predicted octanol–water partition coefficient (Wildman–Crippen LogP) is 1.55. The number of hydrogen-bond acceptors (Lipinski definition) is 12. The minimum Gasteiger partial charge on any atom is -0.479 e. The maximum atomic E-state index is 13.0. The normalized spacial score (nSPS) is 14.7. The highest BCUT2D eigenvalue weighted by molar-refractivity contribution is 5.89.